The van der Waals surface area contributed by atoms with E-state index < -0.39 is 133 Å². The maximum atomic E-state index is 12.4. The number of carbonyl (C=O) groups excluding carboxylic acids is 1. The second kappa shape index (κ2) is 19.5. The van der Waals surface area contributed by atoms with Crippen molar-refractivity contribution in [2.24, 2.45) is 0 Å². The van der Waals surface area contributed by atoms with E-state index in [-0.39, 0.29) is 0 Å². The van der Waals surface area contributed by atoms with Crippen LogP contribution in [0.25, 0.3) is 0 Å². The summed E-state index contributed by atoms with van der Waals surface area (Å²) in [6.45, 7) is -6.43. The Labute approximate surface area is 201 Å². The van der Waals surface area contributed by atoms with Gasteiger partial charge < -0.3 is 14.9 Å². The van der Waals surface area contributed by atoms with Gasteiger partial charge in [-0.3, -0.25) is 4.79 Å². The maximum Gasteiger partial charge on any atom is 0.305 e. The number of rotatable bonds is 18. The van der Waals surface area contributed by atoms with Gasteiger partial charge in [-0.2, -0.15) is 0 Å². The summed E-state index contributed by atoms with van der Waals surface area (Å²) in [5.74, 6) is -2.38. The topological polar surface area (TPSA) is 66.8 Å². The van der Waals surface area contributed by atoms with Gasteiger partial charge in [0.05, 0.1) is 9.35 Å². The normalized spacial score (nSPS) is 41.4. The number of esters is 1. The van der Waals surface area contributed by atoms with Crippen LogP contribution < -0.4 is 0 Å². The van der Waals surface area contributed by atoms with Gasteiger partial charge in [0.15, 0.2) is 0 Å². The molecule has 4 nitrogen and oxygen atoms in total. The van der Waals surface area contributed by atoms with E-state index in [1.807, 2.05) is 0 Å². The van der Waals surface area contributed by atoms with E-state index >= 15 is 0 Å². The SMILES string of the molecule is [2H]/C(=C(\[2H])C([2H])([2H])C([2H])([2H])C([2H])([2H])C([2H])([2H])C([2H])([2H])C([2H])([2H])C([2H])([2H])C([2H])([2H])[2H])C([2H])([2H])C([2H])([2H])C([2H])([2H])C([2H])([2H])C([2H])([2H])C([2H])([2H])C([2H])([2H])C(=O)OCC(O)CO. The smallest absolute Gasteiger partial charge is 0.305 e. The van der Waals surface area contributed by atoms with E-state index in [1.165, 1.54) is 0 Å². The molecule has 0 radical (unpaired) electrons. The van der Waals surface area contributed by atoms with Crippen LogP contribution in [0.5, 0.6) is 0 Å². The van der Waals surface area contributed by atoms with E-state index in [9.17, 15) is 9.90 Å². The van der Waals surface area contributed by atoms with Crippen LogP contribution in [0, 0.1) is 0 Å². The van der Waals surface area contributed by atoms with Crippen molar-refractivity contribution in [1.82, 2.24) is 0 Å². The van der Waals surface area contributed by atoms with Gasteiger partial charge >= 0.3 is 5.97 Å². The number of ether oxygens (including phenoxy) is 1. The molecule has 0 rings (SSSR count). The zero-order valence-corrected chi connectivity index (χ0v) is 12.7. The molecule has 1 atom stereocenters. The summed E-state index contributed by atoms with van der Waals surface area (Å²) in [4.78, 5) is 12.4. The van der Waals surface area contributed by atoms with Crippen LogP contribution in [0.4, 0.5) is 0 Å². The molecule has 0 aromatic rings. The molecule has 0 spiro atoms. The largest absolute Gasteiger partial charge is 0.463 e. The Morgan fingerprint density at radius 2 is 1.60 bits per heavy atom. The van der Waals surface area contributed by atoms with Crippen LogP contribution in [-0.2, 0) is 9.53 Å². The Balaban J connectivity index is 7.62. The lowest BCUT2D eigenvalue weighted by Gasteiger charge is -2.08. The lowest BCUT2D eigenvalue weighted by atomic mass is 10.1. The van der Waals surface area contributed by atoms with Crippen molar-refractivity contribution in [3.63, 3.8) is 0 Å². The zero-order valence-electron chi connectivity index (χ0n) is 45.7. The molecular weight excluding hydrogens is 316 g/mol. The molecule has 0 aliphatic carbocycles. The van der Waals surface area contributed by atoms with Gasteiger partial charge in [0, 0.05) is 48.9 Å². The van der Waals surface area contributed by atoms with Gasteiger partial charge in [-0.15, -0.1) is 0 Å². The standard InChI is InChI=1S/C21H40O4/c1-2-3-4-5-6-7-8-9-10-11-12-13-14-15-16-17-21(24)25-19-20(23)18-22/h9-10,20,22-23H,2-8,11-19H2,1H3/b10-9-/i1D3,2D2,3D2,4D2,5D2,6D2,7D2,8D2,9D,10D,11D2,12D2,13D2,14D2,15D2,16D2,17D2. The maximum absolute atomic E-state index is 12.4. The lowest BCUT2D eigenvalue weighted by Crippen LogP contribution is -2.21. The van der Waals surface area contributed by atoms with Gasteiger partial charge in [-0.05, 0) is 31.9 Å². The molecule has 25 heavy (non-hydrogen) atoms. The second-order valence-electron chi connectivity index (χ2n) is 3.43. The van der Waals surface area contributed by atoms with Crippen molar-refractivity contribution in [3.05, 3.63) is 12.1 Å². The molecule has 0 saturated carbocycles. The molecule has 0 aliphatic rings. The first kappa shape index (κ1) is 4.10. The summed E-state index contributed by atoms with van der Waals surface area (Å²) in [5.41, 5.74) is 0. The first-order chi connectivity index (χ1) is 24.7. The fourth-order valence-corrected chi connectivity index (χ4v) is 0.749. The van der Waals surface area contributed by atoms with E-state index in [0.717, 1.165) is 0 Å². The van der Waals surface area contributed by atoms with Crippen LogP contribution in [0.3, 0.4) is 0 Å². The highest BCUT2D eigenvalue weighted by molar-refractivity contribution is 5.69. The average molecular weight is 390 g/mol. The summed E-state index contributed by atoms with van der Waals surface area (Å²) >= 11 is 0. The van der Waals surface area contributed by atoms with E-state index in [2.05, 4.69) is 4.74 Å². The zero-order chi connectivity index (χ0) is 47.9. The molecule has 0 saturated heterocycles. The van der Waals surface area contributed by atoms with Gasteiger partial charge in [0.2, 0.25) is 0 Å². The average Bonchev–Trinajstić information content (AvgIpc) is 3.04. The molecule has 0 bridgehead atoms. The Morgan fingerprint density at radius 1 is 1.04 bits per heavy atom. The van der Waals surface area contributed by atoms with E-state index in [0.29, 0.717) is 0 Å². The van der Waals surface area contributed by atoms with Crippen molar-refractivity contribution >= 4 is 5.97 Å². The number of aliphatic hydroxyl groups excluding tert-OH is 2. The third kappa shape index (κ3) is 19.3. The summed E-state index contributed by atoms with van der Waals surface area (Å²) < 4.78 is 268. The van der Waals surface area contributed by atoms with Gasteiger partial charge in [0.25, 0.3) is 0 Å². The molecular formula is C21H40O4. The van der Waals surface area contributed by atoms with Crippen LogP contribution in [-0.4, -0.2) is 35.5 Å². The molecule has 0 aromatic carbocycles. The minimum atomic E-state index is -4.96. The Kier molecular flexibility index (Phi) is 3.19. The van der Waals surface area contributed by atoms with Gasteiger partial charge in [-0.25, -0.2) is 0 Å². The summed E-state index contributed by atoms with van der Waals surface area (Å²) in [6.07, 6.45) is -68.6. The monoisotopic (exact) mass is 389 g/mol. The third-order valence-corrected chi connectivity index (χ3v) is 1.66. The Morgan fingerprint density at radius 3 is 2.20 bits per heavy atom. The molecule has 0 fully saturated rings. The number of aliphatic hydroxyl groups is 2. The number of hydrogen-bond acceptors (Lipinski definition) is 4. The minimum Gasteiger partial charge on any atom is -0.463 e. The quantitative estimate of drug-likeness (QED) is 0.258. The van der Waals surface area contributed by atoms with Crippen molar-refractivity contribution in [3.8, 4) is 0 Å². The highest BCUT2D eigenvalue weighted by Gasteiger charge is 2.07. The van der Waals surface area contributed by atoms with Gasteiger partial charge in [-0.1, -0.05) is 69.9 Å². The summed E-state index contributed by atoms with van der Waals surface area (Å²) in [5, 5.41) is 18.2. The second-order valence-corrected chi connectivity index (χ2v) is 3.43. The Hall–Kier alpha value is -0.870. The number of allylic oxidation sites excluding steroid dienone is 2. The summed E-state index contributed by atoms with van der Waals surface area (Å²) in [6, 6.07) is -5.16. The highest BCUT2D eigenvalue weighted by Crippen LogP contribution is 2.10. The van der Waals surface area contributed by atoms with Gasteiger partial charge in [0.1, 0.15) is 12.7 Å². The molecule has 148 valence electrons. The predicted octanol–water partition coefficient (Wildman–Crippen LogP) is 4.92. The molecule has 4 heteroatoms. The summed E-state index contributed by atoms with van der Waals surface area (Å²) in [7, 11) is 0. The minimum absolute atomic E-state index is 1.09. The fraction of sp³-hybridized carbons (Fsp3) is 0.857. The van der Waals surface area contributed by atoms with Crippen molar-refractivity contribution in [2.45, 2.75) is 102 Å². The van der Waals surface area contributed by atoms with Crippen LogP contribution in [0.15, 0.2) is 12.1 Å². The first-order valence-electron chi connectivity index (χ1n) is 22.8. The molecule has 0 amide bonds. The molecule has 0 aromatic heterocycles. The molecule has 0 heterocycles. The van der Waals surface area contributed by atoms with Crippen molar-refractivity contribution < 1.29 is 65.0 Å². The number of hydrogen-bond donors (Lipinski definition) is 2. The highest BCUT2D eigenvalue weighted by atomic mass is 16.5. The molecule has 2 N–H and O–H groups in total. The lowest BCUT2D eigenvalue weighted by molar-refractivity contribution is -0.147. The molecule has 1 unspecified atom stereocenters. The third-order valence-electron chi connectivity index (χ3n) is 1.66. The number of carbonyl (C=O) groups is 1. The fourth-order valence-electron chi connectivity index (χ4n) is 0.749. The van der Waals surface area contributed by atoms with Crippen LogP contribution >= 0.6 is 0 Å². The van der Waals surface area contributed by atoms with Crippen molar-refractivity contribution in [2.75, 3.05) is 13.2 Å². The van der Waals surface area contributed by atoms with E-state index in [4.69, 9.17) is 50.3 Å². The van der Waals surface area contributed by atoms with E-state index in [1.54, 1.807) is 0 Å². The van der Waals surface area contributed by atoms with Crippen LogP contribution in [0.2, 0.25) is 0 Å². The van der Waals surface area contributed by atoms with Crippen molar-refractivity contribution in [1.29, 1.82) is 0 Å². The Bertz CT molecular complexity index is 1540. The molecule has 0 aliphatic heterocycles. The van der Waals surface area contributed by atoms with Crippen LogP contribution in [0.1, 0.15) is 141 Å². The first-order valence-corrected chi connectivity index (χ1v) is 6.34. The predicted molar refractivity (Wildman–Crippen MR) is 104 cm³/mol.